The molecule has 2 heterocycles. The maximum Gasteiger partial charge on any atom is 0.314 e. The molecule has 160 valence electrons. The first kappa shape index (κ1) is 20.8. The van der Waals surface area contributed by atoms with E-state index in [1.54, 1.807) is 25.4 Å². The maximum absolute atomic E-state index is 13.5. The highest BCUT2D eigenvalue weighted by atomic mass is 19.1. The molecule has 0 radical (unpaired) electrons. The third-order valence-electron chi connectivity index (χ3n) is 5.58. The van der Waals surface area contributed by atoms with Gasteiger partial charge in [-0.15, -0.1) is 0 Å². The fourth-order valence-electron chi connectivity index (χ4n) is 3.77. The Hall–Kier alpha value is -3.48. The van der Waals surface area contributed by atoms with Crippen LogP contribution in [0.15, 0.2) is 54.7 Å². The Morgan fingerprint density at radius 3 is 2.26 bits per heavy atom. The van der Waals surface area contributed by atoms with E-state index in [1.807, 2.05) is 31.2 Å². The predicted octanol–water partition coefficient (Wildman–Crippen LogP) is 4.16. The maximum atomic E-state index is 13.5. The molecule has 0 atom stereocenters. The van der Waals surface area contributed by atoms with Crippen LogP contribution in [0, 0.1) is 12.7 Å². The van der Waals surface area contributed by atoms with E-state index in [-0.39, 0.29) is 17.9 Å². The van der Waals surface area contributed by atoms with Crippen molar-refractivity contribution in [3.63, 3.8) is 0 Å². The van der Waals surface area contributed by atoms with Crippen LogP contribution >= 0.6 is 0 Å². The third kappa shape index (κ3) is 4.82. The number of benzene rings is 2. The van der Waals surface area contributed by atoms with Gasteiger partial charge in [0.05, 0.1) is 17.6 Å². The Morgan fingerprint density at radius 2 is 1.61 bits per heavy atom. The van der Waals surface area contributed by atoms with E-state index in [4.69, 9.17) is 9.97 Å². The lowest BCUT2D eigenvalue weighted by Gasteiger charge is -2.33. The van der Waals surface area contributed by atoms with Crippen molar-refractivity contribution < 1.29 is 9.18 Å². The van der Waals surface area contributed by atoms with Crippen molar-refractivity contribution >= 4 is 11.8 Å². The second-order valence-electron chi connectivity index (χ2n) is 7.78. The summed E-state index contributed by atoms with van der Waals surface area (Å²) in [5.74, 6) is 0.504. The van der Waals surface area contributed by atoms with Gasteiger partial charge >= 0.3 is 6.03 Å². The topological polar surface area (TPSA) is 70.2 Å². The Labute approximate surface area is 181 Å². The van der Waals surface area contributed by atoms with Crippen molar-refractivity contribution in [3.05, 3.63) is 66.1 Å². The van der Waals surface area contributed by atoms with Crippen LogP contribution in [0.4, 0.5) is 15.0 Å². The number of amides is 2. The fraction of sp³-hybridized carbons (Fsp3) is 0.292. The number of rotatable bonds is 4. The molecule has 0 unspecified atom stereocenters. The van der Waals surface area contributed by atoms with Gasteiger partial charge in [-0.25, -0.2) is 14.2 Å². The molecule has 0 spiro atoms. The van der Waals surface area contributed by atoms with E-state index < -0.39 is 0 Å². The summed E-state index contributed by atoms with van der Waals surface area (Å²) < 4.78 is 13.5. The summed E-state index contributed by atoms with van der Waals surface area (Å²) in [5.41, 5.74) is 4.46. The summed E-state index contributed by atoms with van der Waals surface area (Å²) in [6.07, 6.45) is 3.47. The summed E-state index contributed by atoms with van der Waals surface area (Å²) in [6, 6.07) is 14.5. The van der Waals surface area contributed by atoms with Crippen LogP contribution < -0.4 is 15.5 Å². The van der Waals surface area contributed by atoms with Gasteiger partial charge in [0.25, 0.3) is 0 Å². The second kappa shape index (κ2) is 9.12. The largest absolute Gasteiger partial charge is 0.355 e. The molecule has 1 aromatic heterocycles. The molecule has 1 aliphatic rings. The van der Waals surface area contributed by atoms with Crippen LogP contribution in [-0.4, -0.2) is 42.2 Å². The van der Waals surface area contributed by atoms with Crippen molar-refractivity contribution in [1.29, 1.82) is 0 Å². The van der Waals surface area contributed by atoms with Crippen LogP contribution in [0.5, 0.6) is 0 Å². The Bertz CT molecular complexity index is 1040. The van der Waals surface area contributed by atoms with E-state index >= 15 is 0 Å². The molecule has 2 amide bonds. The van der Waals surface area contributed by atoms with Crippen LogP contribution in [0.2, 0.25) is 0 Å². The number of aryl methyl sites for hydroxylation is 1. The van der Waals surface area contributed by atoms with Crippen molar-refractivity contribution in [2.75, 3.05) is 25.0 Å². The summed E-state index contributed by atoms with van der Waals surface area (Å²) in [4.78, 5) is 23.4. The van der Waals surface area contributed by atoms with Crippen molar-refractivity contribution in [3.8, 4) is 22.5 Å². The lowest BCUT2D eigenvalue weighted by molar-refractivity contribution is 0.236. The quantitative estimate of drug-likeness (QED) is 0.666. The average molecular weight is 420 g/mol. The molecule has 7 heteroatoms. The minimum absolute atomic E-state index is 0.146. The third-order valence-corrected chi connectivity index (χ3v) is 5.58. The molecule has 3 aromatic rings. The fourth-order valence-corrected chi connectivity index (χ4v) is 3.77. The molecule has 2 aromatic carbocycles. The number of nitrogens with zero attached hydrogens (tertiary/aromatic N) is 3. The molecular weight excluding hydrogens is 393 g/mol. The minimum atomic E-state index is -0.282. The Balaban J connectivity index is 1.63. The zero-order valence-corrected chi connectivity index (χ0v) is 17.7. The van der Waals surface area contributed by atoms with Crippen molar-refractivity contribution in [2.24, 2.45) is 0 Å². The standard InChI is InChI=1S/C24H26FN5O/c1-16-3-5-17(6-4-16)22-23(18-7-9-19(25)10-8-18)29-21(15-27-22)30-13-11-20(12-14-30)28-24(31)26-2/h3-10,15,20H,11-14H2,1-2H3,(H2,26,28,31). The molecular formula is C24H26FN5O. The minimum Gasteiger partial charge on any atom is -0.355 e. The van der Waals surface area contributed by atoms with E-state index in [1.165, 1.54) is 17.7 Å². The van der Waals surface area contributed by atoms with Crippen LogP contribution in [0.1, 0.15) is 18.4 Å². The number of halogens is 1. The average Bonchev–Trinajstić information content (AvgIpc) is 2.80. The molecule has 0 saturated carbocycles. The number of urea groups is 1. The molecule has 6 nitrogen and oxygen atoms in total. The summed E-state index contributed by atoms with van der Waals surface area (Å²) in [5, 5.41) is 5.57. The van der Waals surface area contributed by atoms with Gasteiger partial charge in [0, 0.05) is 37.3 Å². The van der Waals surface area contributed by atoms with Crippen LogP contribution in [-0.2, 0) is 0 Å². The molecule has 31 heavy (non-hydrogen) atoms. The normalized spacial score (nSPS) is 14.4. The monoisotopic (exact) mass is 419 g/mol. The van der Waals surface area contributed by atoms with Crippen molar-refractivity contribution in [2.45, 2.75) is 25.8 Å². The van der Waals surface area contributed by atoms with E-state index in [2.05, 4.69) is 15.5 Å². The van der Waals surface area contributed by atoms with Gasteiger partial charge in [0.15, 0.2) is 0 Å². The first-order chi connectivity index (χ1) is 15.0. The van der Waals surface area contributed by atoms with E-state index in [0.29, 0.717) is 0 Å². The number of hydrogen-bond acceptors (Lipinski definition) is 4. The van der Waals surface area contributed by atoms with Gasteiger partial charge in [-0.3, -0.25) is 4.98 Å². The van der Waals surface area contributed by atoms with Gasteiger partial charge in [-0.2, -0.15) is 0 Å². The van der Waals surface area contributed by atoms with E-state index in [9.17, 15) is 9.18 Å². The molecule has 1 aliphatic heterocycles. The highest BCUT2D eigenvalue weighted by Crippen LogP contribution is 2.31. The number of hydrogen-bond donors (Lipinski definition) is 2. The highest BCUT2D eigenvalue weighted by molar-refractivity contribution is 5.79. The van der Waals surface area contributed by atoms with Gasteiger partial charge in [0.2, 0.25) is 0 Å². The SMILES string of the molecule is CNC(=O)NC1CCN(c2cnc(-c3ccc(C)cc3)c(-c3ccc(F)cc3)n2)CC1. The molecule has 1 saturated heterocycles. The molecule has 2 N–H and O–H groups in total. The molecule has 0 bridgehead atoms. The van der Waals surface area contributed by atoms with Gasteiger partial charge in [0.1, 0.15) is 11.6 Å². The Kier molecular flexibility index (Phi) is 6.11. The van der Waals surface area contributed by atoms with E-state index in [0.717, 1.165) is 54.3 Å². The number of anilines is 1. The summed E-state index contributed by atoms with van der Waals surface area (Å²) in [7, 11) is 1.62. The first-order valence-electron chi connectivity index (χ1n) is 10.5. The zero-order valence-electron chi connectivity index (χ0n) is 17.7. The molecule has 4 rings (SSSR count). The second-order valence-corrected chi connectivity index (χ2v) is 7.78. The number of aromatic nitrogens is 2. The molecule has 1 fully saturated rings. The highest BCUT2D eigenvalue weighted by Gasteiger charge is 2.23. The zero-order chi connectivity index (χ0) is 21.8. The number of nitrogens with one attached hydrogen (secondary N) is 2. The van der Waals surface area contributed by atoms with Crippen molar-refractivity contribution in [1.82, 2.24) is 20.6 Å². The van der Waals surface area contributed by atoms with Crippen LogP contribution in [0.3, 0.4) is 0 Å². The number of carbonyl (C=O) groups excluding carboxylic acids is 1. The number of carbonyl (C=O) groups is 1. The summed E-state index contributed by atoms with van der Waals surface area (Å²) in [6.45, 7) is 3.59. The van der Waals surface area contributed by atoms with Gasteiger partial charge < -0.3 is 15.5 Å². The predicted molar refractivity (Wildman–Crippen MR) is 120 cm³/mol. The van der Waals surface area contributed by atoms with Crippen LogP contribution in [0.25, 0.3) is 22.5 Å². The van der Waals surface area contributed by atoms with Gasteiger partial charge in [-0.1, -0.05) is 29.8 Å². The smallest absolute Gasteiger partial charge is 0.314 e. The Morgan fingerprint density at radius 1 is 1.00 bits per heavy atom. The summed E-state index contributed by atoms with van der Waals surface area (Å²) >= 11 is 0. The first-order valence-corrected chi connectivity index (χ1v) is 10.5. The molecule has 0 aliphatic carbocycles. The lowest BCUT2D eigenvalue weighted by atomic mass is 10.0. The number of piperidine rings is 1. The lowest BCUT2D eigenvalue weighted by Crippen LogP contribution is -2.47. The van der Waals surface area contributed by atoms with Gasteiger partial charge in [-0.05, 0) is 44.0 Å².